The van der Waals surface area contributed by atoms with E-state index >= 15 is 0 Å². The van der Waals surface area contributed by atoms with Gasteiger partial charge in [-0.05, 0) is 48.6 Å². The molecule has 4 nitrogen and oxygen atoms in total. The standard InChI is InChI=1S/C25H29NO3/c1-20-12-15-24(16-13-20)29-19-23(18-22-10-6-3-7-11-22)26(28)25(27)17-14-21-8-4-2-5-9-21/h1-2,4-5,8-9,12-17,22-23,28H,3,6-7,10-11,18-19H2/b17-14+/t23-/m0/s1. The summed E-state index contributed by atoms with van der Waals surface area (Å²) in [6, 6.07) is 16.3. The van der Waals surface area contributed by atoms with Gasteiger partial charge in [0.2, 0.25) is 0 Å². The average molecular weight is 392 g/mol. The minimum atomic E-state index is -0.435. The van der Waals surface area contributed by atoms with Crippen molar-refractivity contribution in [3.63, 3.8) is 0 Å². The Morgan fingerprint density at radius 3 is 2.48 bits per heavy atom. The van der Waals surface area contributed by atoms with Crippen molar-refractivity contribution in [2.24, 2.45) is 5.92 Å². The van der Waals surface area contributed by atoms with Gasteiger partial charge in [-0.15, -0.1) is 0 Å². The third-order valence-electron chi connectivity index (χ3n) is 5.44. The molecule has 0 bridgehead atoms. The predicted molar refractivity (Wildman–Crippen MR) is 114 cm³/mol. The van der Waals surface area contributed by atoms with Crippen molar-refractivity contribution in [2.45, 2.75) is 44.6 Å². The molecular weight excluding hydrogens is 362 g/mol. The zero-order chi connectivity index (χ0) is 20.5. The molecule has 2 aromatic carbocycles. The average Bonchev–Trinajstić information content (AvgIpc) is 2.77. The van der Waals surface area contributed by atoms with Gasteiger partial charge in [0.05, 0.1) is 6.04 Å². The Labute approximate surface area is 173 Å². The lowest BCUT2D eigenvalue weighted by molar-refractivity contribution is -0.174. The lowest BCUT2D eigenvalue weighted by Crippen LogP contribution is -2.42. The molecule has 0 unspecified atom stereocenters. The predicted octanol–water partition coefficient (Wildman–Crippen LogP) is 5.39. The topological polar surface area (TPSA) is 49.8 Å². The van der Waals surface area contributed by atoms with Crippen LogP contribution in [0, 0.1) is 12.8 Å². The number of benzene rings is 2. The van der Waals surface area contributed by atoms with Crippen molar-refractivity contribution in [1.29, 1.82) is 0 Å². The highest BCUT2D eigenvalue weighted by atomic mass is 16.5. The summed E-state index contributed by atoms with van der Waals surface area (Å²) < 4.78 is 5.87. The van der Waals surface area contributed by atoms with Gasteiger partial charge in [0.25, 0.3) is 5.91 Å². The summed E-state index contributed by atoms with van der Waals surface area (Å²) in [4.78, 5) is 12.6. The molecule has 1 fully saturated rings. The van der Waals surface area contributed by atoms with Gasteiger partial charge in [-0.3, -0.25) is 10.0 Å². The Morgan fingerprint density at radius 2 is 1.79 bits per heavy atom. The van der Waals surface area contributed by atoms with Gasteiger partial charge in [0.1, 0.15) is 12.4 Å². The van der Waals surface area contributed by atoms with Crippen LogP contribution >= 0.6 is 0 Å². The molecule has 2 aromatic rings. The van der Waals surface area contributed by atoms with E-state index in [4.69, 9.17) is 11.7 Å². The van der Waals surface area contributed by atoms with Crippen molar-refractivity contribution in [1.82, 2.24) is 5.06 Å². The van der Waals surface area contributed by atoms with Gasteiger partial charge in [0, 0.05) is 6.08 Å². The van der Waals surface area contributed by atoms with Crippen LogP contribution in [0.1, 0.15) is 49.7 Å². The highest BCUT2D eigenvalue weighted by Crippen LogP contribution is 2.29. The molecule has 0 aliphatic heterocycles. The fourth-order valence-electron chi connectivity index (χ4n) is 3.79. The molecule has 152 valence electrons. The summed E-state index contributed by atoms with van der Waals surface area (Å²) in [6.45, 7) is 5.96. The number of hydrogen-bond acceptors (Lipinski definition) is 3. The van der Waals surface area contributed by atoms with Gasteiger partial charge < -0.3 is 4.74 Å². The first-order valence-electron chi connectivity index (χ1n) is 10.4. The molecule has 1 aliphatic rings. The van der Waals surface area contributed by atoms with Crippen LogP contribution in [0.25, 0.3) is 6.08 Å². The first kappa shape index (κ1) is 21.1. The third-order valence-corrected chi connectivity index (χ3v) is 5.44. The Kier molecular flexibility index (Phi) is 7.88. The van der Waals surface area contributed by atoms with Crippen molar-refractivity contribution in [3.05, 3.63) is 78.7 Å². The van der Waals surface area contributed by atoms with E-state index in [2.05, 4.69) is 0 Å². The molecule has 1 atom stereocenters. The minimum Gasteiger partial charge on any atom is -0.491 e. The van der Waals surface area contributed by atoms with E-state index in [1.54, 1.807) is 30.3 Å². The quantitative estimate of drug-likeness (QED) is 0.373. The van der Waals surface area contributed by atoms with E-state index in [9.17, 15) is 10.0 Å². The molecule has 1 N–H and O–H groups in total. The minimum absolute atomic E-state index is 0.238. The van der Waals surface area contributed by atoms with Crippen LogP contribution in [-0.2, 0) is 4.79 Å². The summed E-state index contributed by atoms with van der Waals surface area (Å²) in [5.74, 6) is 0.744. The Balaban J connectivity index is 1.65. The van der Waals surface area contributed by atoms with Crippen molar-refractivity contribution < 1.29 is 14.7 Å². The normalized spacial score (nSPS) is 15.9. The number of ether oxygens (including phenoxy) is 1. The largest absolute Gasteiger partial charge is 0.491 e. The summed E-state index contributed by atoms with van der Waals surface area (Å²) in [7, 11) is 0. The molecule has 4 heteroatoms. The number of amides is 1. The molecule has 0 heterocycles. The molecular formula is C25H29NO3. The summed E-state index contributed by atoms with van der Waals surface area (Å²) in [6.07, 6.45) is 9.82. The monoisotopic (exact) mass is 391 g/mol. The summed E-state index contributed by atoms with van der Waals surface area (Å²) >= 11 is 0. The molecule has 1 aliphatic carbocycles. The SMILES string of the molecule is [CH]c1ccc(OC[C@H](CC2CCCCC2)N(O)C(=O)/C=C/c2ccccc2)cc1. The molecule has 1 amide bonds. The van der Waals surface area contributed by atoms with Crippen molar-refractivity contribution in [3.8, 4) is 5.75 Å². The molecule has 0 spiro atoms. The maximum atomic E-state index is 12.6. The molecule has 29 heavy (non-hydrogen) atoms. The summed E-state index contributed by atoms with van der Waals surface area (Å²) in [5.41, 5.74) is 1.58. The van der Waals surface area contributed by atoms with E-state index in [1.165, 1.54) is 25.3 Å². The van der Waals surface area contributed by atoms with Gasteiger partial charge in [-0.25, -0.2) is 5.06 Å². The Hall–Kier alpha value is -2.59. The van der Waals surface area contributed by atoms with E-state index in [-0.39, 0.29) is 6.61 Å². The van der Waals surface area contributed by atoms with E-state index in [0.717, 1.165) is 29.9 Å². The van der Waals surface area contributed by atoms with Gasteiger partial charge in [0.15, 0.2) is 0 Å². The van der Waals surface area contributed by atoms with Gasteiger partial charge in [-0.2, -0.15) is 0 Å². The molecule has 3 rings (SSSR count). The third kappa shape index (κ3) is 6.75. The van der Waals surface area contributed by atoms with E-state index in [0.29, 0.717) is 17.2 Å². The Bertz CT molecular complexity index is 779. The first-order chi connectivity index (χ1) is 14.1. The summed E-state index contributed by atoms with van der Waals surface area (Å²) in [5, 5.41) is 11.5. The molecule has 1 saturated carbocycles. The van der Waals surface area contributed by atoms with Crippen LogP contribution in [0.3, 0.4) is 0 Å². The van der Waals surface area contributed by atoms with Crippen LogP contribution in [0.4, 0.5) is 0 Å². The Morgan fingerprint density at radius 1 is 1.10 bits per heavy atom. The van der Waals surface area contributed by atoms with Crippen LogP contribution in [0.15, 0.2) is 60.7 Å². The molecule has 2 radical (unpaired) electrons. The van der Waals surface area contributed by atoms with Crippen LogP contribution in [0.5, 0.6) is 5.75 Å². The number of hydrogen-bond donors (Lipinski definition) is 1. The number of hydroxylamine groups is 2. The van der Waals surface area contributed by atoms with Crippen LogP contribution in [-0.4, -0.2) is 28.8 Å². The second-order valence-corrected chi connectivity index (χ2v) is 7.70. The first-order valence-corrected chi connectivity index (χ1v) is 10.4. The number of rotatable bonds is 8. The maximum absolute atomic E-state index is 12.6. The van der Waals surface area contributed by atoms with E-state index < -0.39 is 11.9 Å². The fourth-order valence-corrected chi connectivity index (χ4v) is 3.79. The smallest absolute Gasteiger partial charge is 0.270 e. The molecule has 0 aromatic heterocycles. The van der Waals surface area contributed by atoms with Crippen molar-refractivity contribution in [2.75, 3.05) is 6.61 Å². The number of carbonyl (C=O) groups excluding carboxylic acids is 1. The zero-order valence-electron chi connectivity index (χ0n) is 16.7. The number of carbonyl (C=O) groups is 1. The second-order valence-electron chi connectivity index (χ2n) is 7.70. The van der Waals surface area contributed by atoms with Crippen LogP contribution < -0.4 is 4.74 Å². The lowest BCUT2D eigenvalue weighted by Gasteiger charge is -2.30. The van der Waals surface area contributed by atoms with E-state index in [1.807, 2.05) is 30.3 Å². The van der Waals surface area contributed by atoms with Crippen LogP contribution in [0.2, 0.25) is 0 Å². The highest BCUT2D eigenvalue weighted by molar-refractivity contribution is 5.91. The fraction of sp³-hybridized carbons (Fsp3) is 0.360. The number of nitrogens with zero attached hydrogens (tertiary/aromatic N) is 1. The highest BCUT2D eigenvalue weighted by Gasteiger charge is 2.26. The second kappa shape index (κ2) is 10.8. The molecule has 0 saturated heterocycles. The van der Waals surface area contributed by atoms with Gasteiger partial charge in [-0.1, -0.05) is 74.6 Å². The maximum Gasteiger partial charge on any atom is 0.270 e. The van der Waals surface area contributed by atoms with Crippen molar-refractivity contribution >= 4 is 12.0 Å². The lowest BCUT2D eigenvalue weighted by atomic mass is 9.85. The zero-order valence-corrected chi connectivity index (χ0v) is 16.7. The van der Waals surface area contributed by atoms with Gasteiger partial charge >= 0.3 is 0 Å².